The largest absolute Gasteiger partial charge is 0.380 e. The summed E-state index contributed by atoms with van der Waals surface area (Å²) >= 11 is 0. The molecule has 0 heterocycles. The Labute approximate surface area is 105 Å². The third-order valence-corrected chi connectivity index (χ3v) is 3.24. The molecule has 2 aromatic carbocycles. The van der Waals surface area contributed by atoms with Gasteiger partial charge in [-0.25, -0.2) is 17.6 Å². The van der Waals surface area contributed by atoms with Crippen molar-refractivity contribution < 1.29 is 22.3 Å². The maximum absolute atomic E-state index is 13.7. The molecule has 0 atom stereocenters. The number of rotatable bonds is 2. The standard InChI is InChI=1S/C14H8F4O/c1-19-5-8-11-7(4-10(16)13(8)17)6-2-3-9(15)14(18)12(6)11/h2-4H,5H2,1H3. The van der Waals surface area contributed by atoms with Gasteiger partial charge in [-0.3, -0.25) is 0 Å². The first-order chi connectivity index (χ1) is 9.06. The third kappa shape index (κ3) is 1.51. The summed E-state index contributed by atoms with van der Waals surface area (Å²) in [5.74, 6) is -4.18. The van der Waals surface area contributed by atoms with E-state index >= 15 is 0 Å². The smallest absolute Gasteiger partial charge is 0.167 e. The molecule has 1 aliphatic rings. The number of hydrogen-bond acceptors (Lipinski definition) is 1. The second-order valence-electron chi connectivity index (χ2n) is 4.29. The highest BCUT2D eigenvalue weighted by Crippen LogP contribution is 2.24. The van der Waals surface area contributed by atoms with E-state index in [-0.39, 0.29) is 22.6 Å². The van der Waals surface area contributed by atoms with Gasteiger partial charge in [0.1, 0.15) is 0 Å². The average molecular weight is 268 g/mol. The van der Waals surface area contributed by atoms with Crippen molar-refractivity contribution in [1.82, 2.24) is 0 Å². The topological polar surface area (TPSA) is 9.23 Å². The lowest BCUT2D eigenvalue weighted by atomic mass is 9.96. The van der Waals surface area contributed by atoms with E-state index in [4.69, 9.17) is 4.74 Å². The molecule has 0 unspecified atom stereocenters. The normalized spacial score (nSPS) is 11.8. The maximum Gasteiger partial charge on any atom is 0.167 e. The summed E-state index contributed by atoms with van der Waals surface area (Å²) in [6.45, 7) is -0.207. The Morgan fingerprint density at radius 2 is 1.63 bits per heavy atom. The summed E-state index contributed by atoms with van der Waals surface area (Å²) in [6.07, 6.45) is 0. The van der Waals surface area contributed by atoms with Gasteiger partial charge in [-0.1, -0.05) is 6.07 Å². The summed E-state index contributed by atoms with van der Waals surface area (Å²) in [7, 11) is 1.32. The highest BCUT2D eigenvalue weighted by Gasteiger charge is 2.19. The highest BCUT2D eigenvalue weighted by molar-refractivity contribution is 5.36. The summed E-state index contributed by atoms with van der Waals surface area (Å²) in [6, 6.07) is 3.31. The average Bonchev–Trinajstić information content (AvgIpc) is 2.37. The number of fused-ring (bicyclic) bond motifs is 2. The van der Waals surface area contributed by atoms with E-state index in [0.29, 0.717) is 10.4 Å². The fourth-order valence-corrected chi connectivity index (χ4v) is 2.41. The Balaban J connectivity index is 2.56. The number of hydrogen-bond donors (Lipinski definition) is 0. The first-order valence-electron chi connectivity index (χ1n) is 5.54. The van der Waals surface area contributed by atoms with E-state index in [9.17, 15) is 17.6 Å². The number of methoxy groups -OCH3 is 1. The molecule has 0 saturated carbocycles. The van der Waals surface area contributed by atoms with Gasteiger partial charge in [-0.05, 0) is 22.6 Å². The molecule has 0 N–H and O–H groups in total. The zero-order valence-electron chi connectivity index (χ0n) is 9.86. The van der Waals surface area contributed by atoms with Crippen LogP contribution >= 0.6 is 0 Å². The molecule has 0 spiro atoms. The third-order valence-electron chi connectivity index (χ3n) is 3.24. The molecular weight excluding hydrogens is 260 g/mol. The summed E-state index contributed by atoms with van der Waals surface area (Å²) < 4.78 is 58.9. The monoisotopic (exact) mass is 268 g/mol. The Kier molecular flexibility index (Phi) is 2.60. The summed E-state index contributed by atoms with van der Waals surface area (Å²) in [5, 5.41) is 0.929. The van der Waals surface area contributed by atoms with E-state index in [1.807, 2.05) is 0 Å². The predicted molar refractivity (Wildman–Crippen MR) is 58.8 cm³/mol. The van der Waals surface area contributed by atoms with Crippen LogP contribution in [-0.2, 0) is 11.3 Å². The van der Waals surface area contributed by atoms with E-state index in [1.165, 1.54) is 13.2 Å². The fourth-order valence-electron chi connectivity index (χ4n) is 2.41. The molecule has 2 aromatic rings. The van der Waals surface area contributed by atoms with Crippen LogP contribution in [0.2, 0.25) is 0 Å². The fraction of sp³-hybridized carbons (Fsp3) is 0.143. The van der Waals surface area contributed by atoms with Crippen molar-refractivity contribution in [3.05, 3.63) is 67.9 Å². The van der Waals surface area contributed by atoms with Gasteiger partial charge in [0.15, 0.2) is 23.3 Å². The zero-order chi connectivity index (χ0) is 13.7. The van der Waals surface area contributed by atoms with Gasteiger partial charge in [0, 0.05) is 23.1 Å². The molecule has 1 aliphatic carbocycles. The van der Waals surface area contributed by atoms with Gasteiger partial charge in [-0.15, -0.1) is 0 Å². The second kappa shape index (κ2) is 4.06. The molecule has 0 fully saturated rings. The number of ether oxygens (including phenoxy) is 1. The molecule has 0 saturated heterocycles. The second-order valence-corrected chi connectivity index (χ2v) is 4.29. The van der Waals surface area contributed by atoms with Gasteiger partial charge in [0.05, 0.1) is 6.61 Å². The summed E-state index contributed by atoms with van der Waals surface area (Å²) in [4.78, 5) is 0. The van der Waals surface area contributed by atoms with Gasteiger partial charge in [0.25, 0.3) is 0 Å². The molecule has 1 nitrogen and oxygen atoms in total. The minimum absolute atomic E-state index is 0.0130. The minimum Gasteiger partial charge on any atom is -0.380 e. The van der Waals surface area contributed by atoms with Crippen LogP contribution in [-0.4, -0.2) is 7.11 Å². The van der Waals surface area contributed by atoms with E-state index in [0.717, 1.165) is 12.1 Å². The molecule has 0 aromatic heterocycles. The Morgan fingerprint density at radius 1 is 0.895 bits per heavy atom. The van der Waals surface area contributed by atoms with Crippen molar-refractivity contribution in [2.75, 3.05) is 7.11 Å². The van der Waals surface area contributed by atoms with Gasteiger partial charge in [0.2, 0.25) is 0 Å². The van der Waals surface area contributed by atoms with Crippen molar-refractivity contribution >= 4 is 0 Å². The maximum atomic E-state index is 13.7. The molecule has 5 heteroatoms. The lowest BCUT2D eigenvalue weighted by Gasteiger charge is -2.12. The van der Waals surface area contributed by atoms with Crippen LogP contribution in [0.3, 0.4) is 0 Å². The van der Waals surface area contributed by atoms with Crippen molar-refractivity contribution in [2.24, 2.45) is 0 Å². The van der Waals surface area contributed by atoms with Crippen LogP contribution in [0.25, 0.3) is 0 Å². The lowest BCUT2D eigenvalue weighted by Crippen LogP contribution is -2.07. The van der Waals surface area contributed by atoms with E-state index in [1.54, 1.807) is 0 Å². The lowest BCUT2D eigenvalue weighted by molar-refractivity contribution is 0.179. The minimum atomic E-state index is -1.09. The first kappa shape index (κ1) is 12.2. The number of halogens is 4. The van der Waals surface area contributed by atoms with E-state index in [2.05, 4.69) is 0 Å². The van der Waals surface area contributed by atoms with Crippen LogP contribution < -0.4 is 0 Å². The number of benzene rings is 2. The van der Waals surface area contributed by atoms with Crippen LogP contribution in [0.4, 0.5) is 17.6 Å². The van der Waals surface area contributed by atoms with Crippen molar-refractivity contribution in [2.45, 2.75) is 6.61 Å². The van der Waals surface area contributed by atoms with Crippen LogP contribution in [0.15, 0.2) is 18.2 Å². The van der Waals surface area contributed by atoms with Crippen LogP contribution in [0, 0.1) is 44.1 Å². The van der Waals surface area contributed by atoms with Gasteiger partial charge >= 0.3 is 0 Å². The summed E-state index contributed by atoms with van der Waals surface area (Å²) in [5.41, 5.74) is -0.0884. The molecule has 0 aliphatic heterocycles. The molecule has 0 amide bonds. The Bertz CT molecular complexity index is 874. The molecule has 98 valence electrons. The zero-order valence-corrected chi connectivity index (χ0v) is 9.86. The van der Waals surface area contributed by atoms with E-state index < -0.39 is 23.3 Å². The van der Waals surface area contributed by atoms with Crippen molar-refractivity contribution in [3.63, 3.8) is 0 Å². The highest BCUT2D eigenvalue weighted by atomic mass is 19.2. The Hall–Kier alpha value is -1.88. The predicted octanol–water partition coefficient (Wildman–Crippen LogP) is 3.28. The van der Waals surface area contributed by atoms with Crippen LogP contribution in [0.1, 0.15) is 5.56 Å². The SMILES string of the molecule is COCc1c(F)c(F)cc2c1=c1c(F)c(F)ccc1=2. The van der Waals surface area contributed by atoms with Crippen molar-refractivity contribution in [1.29, 1.82) is 0 Å². The molecule has 0 bridgehead atoms. The van der Waals surface area contributed by atoms with Crippen LogP contribution in [0.5, 0.6) is 0 Å². The molecule has 19 heavy (non-hydrogen) atoms. The first-order valence-corrected chi connectivity index (χ1v) is 5.54. The van der Waals surface area contributed by atoms with Gasteiger partial charge < -0.3 is 4.74 Å². The molecular formula is C14H8F4O. The molecule has 0 radical (unpaired) electrons. The van der Waals surface area contributed by atoms with Gasteiger partial charge in [-0.2, -0.15) is 0 Å². The van der Waals surface area contributed by atoms with Crippen molar-refractivity contribution in [3.8, 4) is 0 Å². The quantitative estimate of drug-likeness (QED) is 0.648. The Morgan fingerprint density at radius 3 is 2.32 bits per heavy atom. The molecule has 3 rings (SSSR count).